The minimum atomic E-state index is -0.238. The van der Waals surface area contributed by atoms with Crippen LogP contribution < -0.4 is 15.0 Å². The van der Waals surface area contributed by atoms with Crippen LogP contribution in [0.1, 0.15) is 11.8 Å². The number of para-hydroxylation sites is 4. The van der Waals surface area contributed by atoms with Crippen molar-refractivity contribution in [3.8, 4) is 22.6 Å². The van der Waals surface area contributed by atoms with Gasteiger partial charge in [-0.1, -0.05) is 140 Å². The zero-order chi connectivity index (χ0) is 36.3. The fourth-order valence-electron chi connectivity index (χ4n) is 8.45. The average molecular weight is 706 g/mol. The number of fused-ring (bicyclic) bond motifs is 8. The molecular formula is C51H35N3O. The first-order valence-corrected chi connectivity index (χ1v) is 18.8. The molecule has 1 aliphatic rings. The van der Waals surface area contributed by atoms with E-state index in [4.69, 9.17) is 4.74 Å². The highest BCUT2D eigenvalue weighted by Crippen LogP contribution is 2.48. The van der Waals surface area contributed by atoms with Gasteiger partial charge in [0.2, 0.25) is 0 Å². The Morgan fingerprint density at radius 3 is 2.02 bits per heavy atom. The van der Waals surface area contributed by atoms with Gasteiger partial charge in [-0.05, 0) is 82.4 Å². The number of ether oxygens (including phenoxy) is 1. The fraction of sp³-hybridized carbons (Fsp3) is 0.0196. The van der Waals surface area contributed by atoms with Gasteiger partial charge < -0.3 is 19.5 Å². The average Bonchev–Trinajstić information content (AvgIpc) is 3.84. The SMILES string of the molecule is c1ccc(C2Nc3ccc4ccc5ccc(-c6ccccc6N(c6ccccc6)c6ccc7c8ccccc8n(-c8ccccc8)c7c6)cc5c4c3O2)cc1. The van der Waals surface area contributed by atoms with Crippen LogP contribution in [0.5, 0.6) is 5.75 Å². The van der Waals surface area contributed by atoms with Crippen molar-refractivity contribution in [2.75, 3.05) is 10.2 Å². The molecule has 0 aliphatic carbocycles. The number of rotatable bonds is 6. The van der Waals surface area contributed by atoms with Gasteiger partial charge in [-0.15, -0.1) is 0 Å². The third kappa shape index (κ3) is 5.14. The van der Waals surface area contributed by atoms with E-state index in [-0.39, 0.29) is 6.23 Å². The highest BCUT2D eigenvalue weighted by molar-refractivity contribution is 6.14. The summed E-state index contributed by atoms with van der Waals surface area (Å²) >= 11 is 0. The maximum absolute atomic E-state index is 6.71. The molecule has 55 heavy (non-hydrogen) atoms. The molecule has 1 aromatic heterocycles. The maximum Gasteiger partial charge on any atom is 0.196 e. The summed E-state index contributed by atoms with van der Waals surface area (Å²) in [6.45, 7) is 0. The van der Waals surface area contributed by atoms with Gasteiger partial charge in [-0.3, -0.25) is 0 Å². The molecule has 10 aromatic rings. The van der Waals surface area contributed by atoms with Gasteiger partial charge in [0.15, 0.2) is 12.0 Å². The van der Waals surface area contributed by atoms with E-state index in [0.717, 1.165) is 72.6 Å². The molecule has 0 radical (unpaired) electrons. The molecule has 11 rings (SSSR count). The summed E-state index contributed by atoms with van der Waals surface area (Å²) in [5.74, 6) is 0.899. The highest BCUT2D eigenvalue weighted by atomic mass is 16.5. The van der Waals surface area contributed by atoms with Crippen molar-refractivity contribution >= 4 is 66.1 Å². The summed E-state index contributed by atoms with van der Waals surface area (Å²) in [7, 11) is 0. The number of nitrogens with zero attached hydrogens (tertiary/aromatic N) is 2. The van der Waals surface area contributed by atoms with Crippen LogP contribution in [0.3, 0.4) is 0 Å². The van der Waals surface area contributed by atoms with Crippen molar-refractivity contribution in [3.63, 3.8) is 0 Å². The lowest BCUT2D eigenvalue weighted by Crippen LogP contribution is -2.11. The first-order chi connectivity index (χ1) is 27.3. The molecule has 1 N–H and O–H groups in total. The first-order valence-electron chi connectivity index (χ1n) is 18.8. The quantitative estimate of drug-likeness (QED) is 0.175. The molecule has 9 aromatic carbocycles. The lowest BCUT2D eigenvalue weighted by atomic mass is 9.95. The predicted octanol–water partition coefficient (Wildman–Crippen LogP) is 13.7. The predicted molar refractivity (Wildman–Crippen MR) is 229 cm³/mol. The Morgan fingerprint density at radius 1 is 0.491 bits per heavy atom. The Morgan fingerprint density at radius 2 is 1.16 bits per heavy atom. The topological polar surface area (TPSA) is 29.4 Å². The van der Waals surface area contributed by atoms with Gasteiger partial charge in [0.05, 0.1) is 22.4 Å². The molecule has 1 atom stereocenters. The van der Waals surface area contributed by atoms with Crippen LogP contribution in [0, 0.1) is 0 Å². The first kappa shape index (κ1) is 31.2. The Labute approximate surface area is 319 Å². The van der Waals surface area contributed by atoms with Crippen molar-refractivity contribution in [1.29, 1.82) is 0 Å². The Kier molecular flexibility index (Phi) is 7.20. The largest absolute Gasteiger partial charge is 0.464 e. The second kappa shape index (κ2) is 12.7. The maximum atomic E-state index is 6.71. The second-order valence-electron chi connectivity index (χ2n) is 14.2. The molecule has 0 spiro atoms. The summed E-state index contributed by atoms with van der Waals surface area (Å²) in [4.78, 5) is 2.39. The van der Waals surface area contributed by atoms with E-state index in [1.165, 1.54) is 21.7 Å². The molecule has 0 bridgehead atoms. The van der Waals surface area contributed by atoms with Gasteiger partial charge >= 0.3 is 0 Å². The lowest BCUT2D eigenvalue weighted by molar-refractivity contribution is 0.263. The number of hydrogen-bond acceptors (Lipinski definition) is 3. The van der Waals surface area contributed by atoms with Crippen LogP contribution in [0.2, 0.25) is 0 Å². The van der Waals surface area contributed by atoms with Crippen LogP contribution >= 0.6 is 0 Å². The van der Waals surface area contributed by atoms with Crippen molar-refractivity contribution in [2.24, 2.45) is 0 Å². The van der Waals surface area contributed by atoms with Gasteiger partial charge in [-0.25, -0.2) is 0 Å². The molecular weight excluding hydrogens is 671 g/mol. The van der Waals surface area contributed by atoms with E-state index in [1.54, 1.807) is 0 Å². The van der Waals surface area contributed by atoms with Crippen molar-refractivity contribution in [2.45, 2.75) is 6.23 Å². The van der Waals surface area contributed by atoms with E-state index < -0.39 is 0 Å². The summed E-state index contributed by atoms with van der Waals surface area (Å²) in [5.41, 5.74) is 11.2. The molecule has 0 saturated heterocycles. The minimum Gasteiger partial charge on any atom is -0.464 e. The Hall–Kier alpha value is -7.30. The van der Waals surface area contributed by atoms with Crippen LogP contribution in [-0.2, 0) is 0 Å². The van der Waals surface area contributed by atoms with Crippen molar-refractivity contribution < 1.29 is 4.74 Å². The molecule has 260 valence electrons. The Bertz CT molecular complexity index is 3040. The van der Waals surface area contributed by atoms with E-state index in [0.29, 0.717) is 0 Å². The lowest BCUT2D eigenvalue weighted by Gasteiger charge is -2.28. The zero-order valence-electron chi connectivity index (χ0n) is 29.9. The summed E-state index contributed by atoms with van der Waals surface area (Å²) in [6.07, 6.45) is -0.238. The van der Waals surface area contributed by atoms with E-state index in [2.05, 4.69) is 209 Å². The normalized spacial score (nSPS) is 13.6. The molecule has 4 heteroatoms. The summed E-state index contributed by atoms with van der Waals surface area (Å²) in [5, 5.41) is 10.7. The summed E-state index contributed by atoms with van der Waals surface area (Å²) < 4.78 is 9.10. The molecule has 1 aliphatic heterocycles. The highest BCUT2D eigenvalue weighted by Gasteiger charge is 2.26. The van der Waals surface area contributed by atoms with Crippen LogP contribution in [0.25, 0.3) is 60.2 Å². The van der Waals surface area contributed by atoms with Gasteiger partial charge in [0.25, 0.3) is 0 Å². The number of nitrogens with one attached hydrogen (secondary N) is 1. The number of aromatic nitrogens is 1. The van der Waals surface area contributed by atoms with Gasteiger partial charge in [0, 0.05) is 44.3 Å². The minimum absolute atomic E-state index is 0.238. The molecule has 1 unspecified atom stereocenters. The van der Waals surface area contributed by atoms with Crippen LogP contribution in [-0.4, -0.2) is 4.57 Å². The van der Waals surface area contributed by atoms with Crippen molar-refractivity contribution in [3.05, 3.63) is 206 Å². The van der Waals surface area contributed by atoms with Crippen molar-refractivity contribution in [1.82, 2.24) is 4.57 Å². The van der Waals surface area contributed by atoms with Crippen LogP contribution in [0.15, 0.2) is 200 Å². The third-order valence-corrected chi connectivity index (χ3v) is 11.0. The van der Waals surface area contributed by atoms with E-state index in [1.807, 2.05) is 6.07 Å². The van der Waals surface area contributed by atoms with Gasteiger partial charge in [0.1, 0.15) is 0 Å². The molecule has 4 nitrogen and oxygen atoms in total. The summed E-state index contributed by atoms with van der Waals surface area (Å²) in [6, 6.07) is 71.6. The van der Waals surface area contributed by atoms with E-state index >= 15 is 0 Å². The van der Waals surface area contributed by atoms with Gasteiger partial charge in [-0.2, -0.15) is 0 Å². The standard InChI is InChI=1S/C51H35N3O/c1-4-14-36(15-5-1)51-52-45-31-28-35-26-24-34-25-27-37(32-44(34)49(35)50(45)55-51)41-20-10-12-22-46(41)53(38-16-6-2-7-17-38)40-29-30-43-42-21-11-13-23-47(42)54(48(43)33-40)39-18-8-3-9-19-39/h1-33,51-52H. The zero-order valence-corrected chi connectivity index (χ0v) is 29.9. The molecule has 0 amide bonds. The number of anilines is 4. The van der Waals surface area contributed by atoms with Crippen LogP contribution in [0.4, 0.5) is 22.7 Å². The Balaban J connectivity index is 1.10. The number of hydrogen-bond donors (Lipinski definition) is 1. The monoisotopic (exact) mass is 705 g/mol. The molecule has 0 saturated carbocycles. The number of benzene rings is 9. The smallest absolute Gasteiger partial charge is 0.196 e. The van der Waals surface area contributed by atoms with E-state index in [9.17, 15) is 0 Å². The molecule has 2 heterocycles. The third-order valence-electron chi connectivity index (χ3n) is 11.0. The fourth-order valence-corrected chi connectivity index (χ4v) is 8.45. The second-order valence-corrected chi connectivity index (χ2v) is 14.2. The molecule has 0 fully saturated rings.